The van der Waals surface area contributed by atoms with Crippen molar-refractivity contribution in [1.82, 2.24) is 15.2 Å². The molecule has 1 amide bonds. The number of nitrogens with one attached hydrogen (secondary N) is 1. The Labute approximate surface area is 101 Å². The van der Waals surface area contributed by atoms with E-state index in [-0.39, 0.29) is 17.6 Å². The second-order valence-electron chi connectivity index (χ2n) is 4.19. The van der Waals surface area contributed by atoms with E-state index in [9.17, 15) is 9.59 Å². The highest BCUT2D eigenvalue weighted by atomic mass is 16.2. The van der Waals surface area contributed by atoms with Crippen molar-refractivity contribution in [3.05, 3.63) is 29.6 Å². The van der Waals surface area contributed by atoms with Gasteiger partial charge in [0, 0.05) is 18.8 Å². The van der Waals surface area contributed by atoms with E-state index < -0.39 is 0 Å². The maximum Gasteiger partial charge on any atom is 0.253 e. The van der Waals surface area contributed by atoms with Crippen LogP contribution in [-0.4, -0.2) is 48.8 Å². The van der Waals surface area contributed by atoms with Gasteiger partial charge in [0.15, 0.2) is 6.29 Å². The summed E-state index contributed by atoms with van der Waals surface area (Å²) in [6.07, 6.45) is 2.08. The first-order chi connectivity index (χ1) is 8.04. The van der Waals surface area contributed by atoms with Crippen LogP contribution in [0.4, 0.5) is 0 Å². The fourth-order valence-corrected chi connectivity index (χ4v) is 1.60. The average Bonchev–Trinajstić information content (AvgIpc) is 2.27. The van der Waals surface area contributed by atoms with Crippen molar-refractivity contribution in [2.24, 2.45) is 0 Å². The van der Waals surface area contributed by atoms with E-state index in [0.29, 0.717) is 11.8 Å². The molecule has 5 nitrogen and oxygen atoms in total. The van der Waals surface area contributed by atoms with Crippen LogP contribution in [0.3, 0.4) is 0 Å². The number of carbonyl (C=O) groups excluding carboxylic acids is 2. The lowest BCUT2D eigenvalue weighted by Gasteiger charge is -2.18. The molecule has 0 saturated carbocycles. The van der Waals surface area contributed by atoms with Gasteiger partial charge in [0.25, 0.3) is 5.91 Å². The van der Waals surface area contributed by atoms with Crippen molar-refractivity contribution in [1.29, 1.82) is 0 Å². The summed E-state index contributed by atoms with van der Waals surface area (Å²) in [5.74, 6) is -0.269. The van der Waals surface area contributed by atoms with E-state index in [4.69, 9.17) is 0 Å². The molecular formula is C12H17N3O2. The Hall–Kier alpha value is -1.75. The van der Waals surface area contributed by atoms with E-state index in [1.807, 2.05) is 25.9 Å². The zero-order chi connectivity index (χ0) is 12.8. The van der Waals surface area contributed by atoms with Crippen LogP contribution in [-0.2, 0) is 0 Å². The average molecular weight is 235 g/mol. The number of amides is 1. The number of rotatable bonds is 5. The Balaban J connectivity index is 2.73. The normalized spacial score (nSPS) is 12.2. The number of likely N-dealkylation sites (N-methyl/N-ethyl adjacent to an activating group) is 1. The fourth-order valence-electron chi connectivity index (χ4n) is 1.60. The predicted octanol–water partition coefficient (Wildman–Crippen LogP) is 0.574. The van der Waals surface area contributed by atoms with E-state index in [0.717, 1.165) is 6.54 Å². The number of hydrogen-bond donors (Lipinski definition) is 1. The molecule has 0 radical (unpaired) electrons. The highest BCUT2D eigenvalue weighted by Crippen LogP contribution is 2.03. The van der Waals surface area contributed by atoms with Crippen LogP contribution in [0.25, 0.3) is 0 Å². The van der Waals surface area contributed by atoms with Crippen molar-refractivity contribution in [2.75, 3.05) is 20.6 Å². The highest BCUT2D eigenvalue weighted by Gasteiger charge is 2.14. The molecule has 5 heteroatoms. The minimum atomic E-state index is -0.269. The molecule has 1 aromatic heterocycles. The lowest BCUT2D eigenvalue weighted by molar-refractivity contribution is 0.0928. The molecule has 1 heterocycles. The smallest absolute Gasteiger partial charge is 0.253 e. The van der Waals surface area contributed by atoms with Crippen LogP contribution in [0.15, 0.2) is 18.3 Å². The maximum absolute atomic E-state index is 11.9. The van der Waals surface area contributed by atoms with Gasteiger partial charge in [0.2, 0.25) is 0 Å². The third-order valence-corrected chi connectivity index (χ3v) is 2.21. The summed E-state index contributed by atoms with van der Waals surface area (Å²) in [5.41, 5.74) is 0.482. The van der Waals surface area contributed by atoms with Crippen molar-refractivity contribution in [3.63, 3.8) is 0 Å². The molecule has 1 rings (SSSR count). The monoisotopic (exact) mass is 235 g/mol. The summed E-state index contributed by atoms with van der Waals surface area (Å²) in [6, 6.07) is 3.24. The Kier molecular flexibility index (Phi) is 4.78. The molecule has 0 saturated heterocycles. The fraction of sp³-hybridized carbons (Fsp3) is 0.417. The van der Waals surface area contributed by atoms with Gasteiger partial charge < -0.3 is 10.2 Å². The molecule has 1 aromatic rings. The topological polar surface area (TPSA) is 62.3 Å². The molecule has 0 aliphatic heterocycles. The van der Waals surface area contributed by atoms with Crippen LogP contribution in [0, 0.1) is 0 Å². The number of carbonyl (C=O) groups is 2. The van der Waals surface area contributed by atoms with Gasteiger partial charge in [-0.3, -0.25) is 14.6 Å². The number of aromatic nitrogens is 1. The van der Waals surface area contributed by atoms with Gasteiger partial charge in [-0.2, -0.15) is 0 Å². The molecule has 92 valence electrons. The molecule has 0 fully saturated rings. The SMILES string of the molecule is CC(CN(C)C)NC(=O)c1cccnc1C=O. The lowest BCUT2D eigenvalue weighted by atomic mass is 10.2. The van der Waals surface area contributed by atoms with Gasteiger partial charge in [0.05, 0.1) is 5.56 Å². The first kappa shape index (κ1) is 13.3. The lowest BCUT2D eigenvalue weighted by Crippen LogP contribution is -2.39. The van der Waals surface area contributed by atoms with Crippen molar-refractivity contribution >= 4 is 12.2 Å². The first-order valence-electron chi connectivity index (χ1n) is 5.40. The molecule has 0 spiro atoms. The van der Waals surface area contributed by atoms with E-state index in [1.54, 1.807) is 12.1 Å². The standard InChI is InChI=1S/C12H17N3O2/c1-9(7-15(2)3)14-12(17)10-5-4-6-13-11(10)8-16/h4-6,8-9H,7H2,1-3H3,(H,14,17). The van der Waals surface area contributed by atoms with Crippen LogP contribution in [0.2, 0.25) is 0 Å². The number of aldehydes is 1. The molecule has 0 aliphatic carbocycles. The zero-order valence-electron chi connectivity index (χ0n) is 10.3. The van der Waals surface area contributed by atoms with Gasteiger partial charge in [-0.15, -0.1) is 0 Å². The van der Waals surface area contributed by atoms with Crippen molar-refractivity contribution in [2.45, 2.75) is 13.0 Å². The second kappa shape index (κ2) is 6.10. The van der Waals surface area contributed by atoms with Gasteiger partial charge in [-0.1, -0.05) is 0 Å². The number of hydrogen-bond acceptors (Lipinski definition) is 4. The molecular weight excluding hydrogens is 218 g/mol. The summed E-state index contributed by atoms with van der Waals surface area (Å²) in [6.45, 7) is 2.65. The summed E-state index contributed by atoms with van der Waals surface area (Å²) in [4.78, 5) is 28.5. The minimum absolute atomic E-state index is 0.0113. The van der Waals surface area contributed by atoms with Crippen molar-refractivity contribution < 1.29 is 9.59 Å². The first-order valence-corrected chi connectivity index (χ1v) is 5.40. The van der Waals surface area contributed by atoms with Crippen LogP contribution in [0.5, 0.6) is 0 Å². The van der Waals surface area contributed by atoms with Crippen molar-refractivity contribution in [3.8, 4) is 0 Å². The zero-order valence-corrected chi connectivity index (χ0v) is 10.3. The molecule has 0 aliphatic rings. The summed E-state index contributed by atoms with van der Waals surface area (Å²) in [7, 11) is 3.87. The molecule has 17 heavy (non-hydrogen) atoms. The maximum atomic E-state index is 11.9. The summed E-state index contributed by atoms with van der Waals surface area (Å²) < 4.78 is 0. The largest absolute Gasteiger partial charge is 0.348 e. The van der Waals surface area contributed by atoms with Gasteiger partial charge in [0.1, 0.15) is 5.69 Å². The quantitative estimate of drug-likeness (QED) is 0.758. The second-order valence-corrected chi connectivity index (χ2v) is 4.19. The van der Waals surface area contributed by atoms with E-state index >= 15 is 0 Å². The Morgan fingerprint density at radius 2 is 2.29 bits per heavy atom. The summed E-state index contributed by atoms with van der Waals surface area (Å²) in [5, 5.41) is 2.82. The Morgan fingerprint density at radius 1 is 1.59 bits per heavy atom. The number of pyridine rings is 1. The molecule has 1 N–H and O–H groups in total. The Morgan fingerprint density at radius 3 is 2.88 bits per heavy atom. The third kappa shape index (κ3) is 3.96. The number of nitrogens with zero attached hydrogens (tertiary/aromatic N) is 2. The van der Waals surface area contributed by atoms with Gasteiger partial charge >= 0.3 is 0 Å². The molecule has 0 bridgehead atoms. The van der Waals surface area contributed by atoms with Crippen LogP contribution in [0.1, 0.15) is 27.8 Å². The predicted molar refractivity (Wildman–Crippen MR) is 65.1 cm³/mol. The highest BCUT2D eigenvalue weighted by molar-refractivity contribution is 6.00. The third-order valence-electron chi connectivity index (χ3n) is 2.21. The van der Waals surface area contributed by atoms with Crippen LogP contribution >= 0.6 is 0 Å². The Bertz CT molecular complexity index is 404. The molecule has 0 aromatic carbocycles. The van der Waals surface area contributed by atoms with Gasteiger partial charge in [-0.25, -0.2) is 0 Å². The summed E-state index contributed by atoms with van der Waals surface area (Å²) >= 11 is 0. The van der Waals surface area contributed by atoms with Crippen LogP contribution < -0.4 is 5.32 Å². The van der Waals surface area contributed by atoms with E-state index in [1.165, 1.54) is 6.20 Å². The van der Waals surface area contributed by atoms with Gasteiger partial charge in [-0.05, 0) is 33.2 Å². The van der Waals surface area contributed by atoms with E-state index in [2.05, 4.69) is 10.3 Å². The molecule has 1 unspecified atom stereocenters. The minimum Gasteiger partial charge on any atom is -0.348 e. The molecule has 1 atom stereocenters.